The SMILES string of the molecule is CCSO[C@H]1C(O)O[C@H](CO)[C@H](O)[C@@H]1O. The Bertz CT molecular complexity index is 192. The molecule has 1 aliphatic rings. The molecule has 15 heavy (non-hydrogen) atoms. The monoisotopic (exact) mass is 240 g/mol. The molecule has 0 radical (unpaired) electrons. The molecule has 1 rings (SSSR count). The van der Waals surface area contributed by atoms with Crippen LogP contribution in [-0.4, -0.2) is 63.5 Å². The highest BCUT2D eigenvalue weighted by Crippen LogP contribution is 2.24. The Balaban J connectivity index is 2.58. The Labute approximate surface area is 92.0 Å². The second-order valence-electron chi connectivity index (χ2n) is 3.20. The van der Waals surface area contributed by atoms with E-state index < -0.39 is 37.3 Å². The first kappa shape index (κ1) is 13.2. The molecule has 1 aliphatic heterocycles. The molecule has 90 valence electrons. The van der Waals surface area contributed by atoms with Gasteiger partial charge in [0.2, 0.25) is 0 Å². The van der Waals surface area contributed by atoms with Gasteiger partial charge in [-0.1, -0.05) is 6.92 Å². The topological polar surface area (TPSA) is 99.4 Å². The third-order valence-electron chi connectivity index (χ3n) is 2.14. The molecule has 1 unspecified atom stereocenters. The van der Waals surface area contributed by atoms with Gasteiger partial charge in [-0.25, -0.2) is 0 Å². The maximum absolute atomic E-state index is 9.60. The Morgan fingerprint density at radius 2 is 1.93 bits per heavy atom. The summed E-state index contributed by atoms with van der Waals surface area (Å²) in [6.45, 7) is 1.38. The van der Waals surface area contributed by atoms with Crippen molar-refractivity contribution in [3.63, 3.8) is 0 Å². The van der Waals surface area contributed by atoms with E-state index >= 15 is 0 Å². The maximum atomic E-state index is 9.60. The minimum Gasteiger partial charge on any atom is -0.394 e. The lowest BCUT2D eigenvalue weighted by atomic mass is 9.99. The van der Waals surface area contributed by atoms with E-state index in [1.165, 1.54) is 0 Å². The summed E-state index contributed by atoms with van der Waals surface area (Å²) >= 11 is 1.06. The number of hydrogen-bond donors (Lipinski definition) is 4. The standard InChI is InChI=1S/C8H16O6S/c1-2-15-14-7-6(11)5(10)4(3-9)13-8(7)12/h4-12H,2-3H2,1H3/t4-,5+,6+,7-,8?/m1/s1. The number of hydrogen-bond acceptors (Lipinski definition) is 7. The molecule has 5 atom stereocenters. The van der Waals surface area contributed by atoms with Gasteiger partial charge in [0, 0.05) is 5.75 Å². The summed E-state index contributed by atoms with van der Waals surface area (Å²) in [6.07, 6.45) is -5.88. The Morgan fingerprint density at radius 3 is 2.47 bits per heavy atom. The van der Waals surface area contributed by atoms with Gasteiger partial charge >= 0.3 is 0 Å². The third kappa shape index (κ3) is 3.04. The Kier molecular flexibility index (Phi) is 5.27. The largest absolute Gasteiger partial charge is 0.394 e. The zero-order valence-corrected chi connectivity index (χ0v) is 9.13. The van der Waals surface area contributed by atoms with Crippen molar-refractivity contribution in [2.75, 3.05) is 12.4 Å². The summed E-state index contributed by atoms with van der Waals surface area (Å²) < 4.78 is 9.95. The fourth-order valence-corrected chi connectivity index (χ4v) is 1.82. The summed E-state index contributed by atoms with van der Waals surface area (Å²) in [4.78, 5) is 0. The molecule has 0 aromatic rings. The fourth-order valence-electron chi connectivity index (χ4n) is 1.32. The predicted molar refractivity (Wildman–Crippen MR) is 53.0 cm³/mol. The highest BCUT2D eigenvalue weighted by molar-refractivity contribution is 7.94. The lowest BCUT2D eigenvalue weighted by molar-refractivity contribution is -0.278. The maximum Gasteiger partial charge on any atom is 0.185 e. The molecular formula is C8H16O6S. The van der Waals surface area contributed by atoms with Gasteiger partial charge in [0.05, 0.1) is 6.61 Å². The minimum atomic E-state index is -1.35. The summed E-state index contributed by atoms with van der Waals surface area (Å²) in [5.74, 6) is 0.648. The Hall–Kier alpha value is 0.110. The molecule has 0 aromatic heterocycles. The highest BCUT2D eigenvalue weighted by Gasteiger charge is 2.44. The average molecular weight is 240 g/mol. The summed E-state index contributed by atoms with van der Waals surface area (Å²) in [5, 5.41) is 37.3. The molecule has 7 heteroatoms. The van der Waals surface area contributed by atoms with Crippen LogP contribution in [-0.2, 0) is 8.92 Å². The summed E-state index contributed by atoms with van der Waals surface area (Å²) in [7, 11) is 0. The molecule has 0 aliphatic carbocycles. The van der Waals surface area contributed by atoms with Crippen LogP contribution < -0.4 is 0 Å². The van der Waals surface area contributed by atoms with Crippen LogP contribution in [0.5, 0.6) is 0 Å². The molecule has 0 spiro atoms. The van der Waals surface area contributed by atoms with Crippen molar-refractivity contribution in [1.82, 2.24) is 0 Å². The molecule has 1 saturated heterocycles. The summed E-state index contributed by atoms with van der Waals surface area (Å²) in [6, 6.07) is 0. The molecular weight excluding hydrogens is 224 g/mol. The van der Waals surface area contributed by atoms with Gasteiger partial charge in [-0.05, 0) is 12.0 Å². The lowest BCUT2D eigenvalue weighted by Gasteiger charge is -2.39. The van der Waals surface area contributed by atoms with Crippen LogP contribution in [0.2, 0.25) is 0 Å². The van der Waals surface area contributed by atoms with E-state index in [2.05, 4.69) is 0 Å². The Morgan fingerprint density at radius 1 is 1.27 bits per heavy atom. The van der Waals surface area contributed by atoms with Crippen molar-refractivity contribution in [2.45, 2.75) is 37.6 Å². The van der Waals surface area contributed by atoms with Crippen LogP contribution in [0.3, 0.4) is 0 Å². The van der Waals surface area contributed by atoms with Crippen LogP contribution in [0, 0.1) is 0 Å². The van der Waals surface area contributed by atoms with E-state index in [0.29, 0.717) is 5.75 Å². The molecule has 0 saturated carbocycles. The smallest absolute Gasteiger partial charge is 0.185 e. The van der Waals surface area contributed by atoms with E-state index in [-0.39, 0.29) is 0 Å². The van der Waals surface area contributed by atoms with Gasteiger partial charge in [0.1, 0.15) is 18.3 Å². The average Bonchev–Trinajstić information content (AvgIpc) is 2.23. The highest BCUT2D eigenvalue weighted by atomic mass is 32.2. The zero-order chi connectivity index (χ0) is 11.4. The van der Waals surface area contributed by atoms with Gasteiger partial charge < -0.3 is 29.3 Å². The minimum absolute atomic E-state index is 0.469. The fraction of sp³-hybridized carbons (Fsp3) is 1.00. The number of aliphatic hydroxyl groups is 4. The van der Waals surface area contributed by atoms with Crippen molar-refractivity contribution >= 4 is 12.0 Å². The van der Waals surface area contributed by atoms with Crippen molar-refractivity contribution in [1.29, 1.82) is 0 Å². The number of aliphatic hydroxyl groups excluding tert-OH is 4. The molecule has 0 amide bonds. The molecule has 0 bridgehead atoms. The second kappa shape index (κ2) is 6.00. The second-order valence-corrected chi connectivity index (χ2v) is 4.20. The van der Waals surface area contributed by atoms with E-state index in [1.54, 1.807) is 0 Å². The molecule has 6 nitrogen and oxygen atoms in total. The normalized spacial score (nSPS) is 41.8. The van der Waals surface area contributed by atoms with Crippen molar-refractivity contribution in [3.05, 3.63) is 0 Å². The van der Waals surface area contributed by atoms with Crippen molar-refractivity contribution in [2.24, 2.45) is 0 Å². The lowest BCUT2D eigenvalue weighted by Crippen LogP contribution is -2.58. The third-order valence-corrected chi connectivity index (χ3v) is 2.73. The summed E-state index contributed by atoms with van der Waals surface area (Å²) in [5.41, 5.74) is 0. The van der Waals surface area contributed by atoms with Crippen molar-refractivity contribution < 1.29 is 29.3 Å². The van der Waals surface area contributed by atoms with Gasteiger partial charge in [0.15, 0.2) is 12.4 Å². The van der Waals surface area contributed by atoms with Gasteiger partial charge in [-0.3, -0.25) is 0 Å². The first-order valence-electron chi connectivity index (χ1n) is 4.70. The van der Waals surface area contributed by atoms with Crippen LogP contribution in [0.1, 0.15) is 6.92 Å². The van der Waals surface area contributed by atoms with Crippen LogP contribution in [0.15, 0.2) is 0 Å². The molecule has 0 aromatic carbocycles. The zero-order valence-electron chi connectivity index (χ0n) is 8.31. The predicted octanol–water partition coefficient (Wildman–Crippen LogP) is -1.53. The van der Waals surface area contributed by atoms with Gasteiger partial charge in [0.25, 0.3) is 0 Å². The van der Waals surface area contributed by atoms with Crippen LogP contribution >= 0.6 is 12.0 Å². The van der Waals surface area contributed by atoms with E-state index in [4.69, 9.17) is 14.0 Å². The molecule has 4 N–H and O–H groups in total. The number of rotatable bonds is 4. The van der Waals surface area contributed by atoms with Crippen LogP contribution in [0.25, 0.3) is 0 Å². The molecule has 1 heterocycles. The first-order valence-corrected chi connectivity index (χ1v) is 5.61. The van der Waals surface area contributed by atoms with Crippen molar-refractivity contribution in [3.8, 4) is 0 Å². The van der Waals surface area contributed by atoms with E-state index in [0.717, 1.165) is 12.0 Å². The first-order chi connectivity index (χ1) is 7.11. The quantitative estimate of drug-likeness (QED) is 0.442. The molecule has 1 fully saturated rings. The van der Waals surface area contributed by atoms with Gasteiger partial charge in [-0.2, -0.15) is 0 Å². The van der Waals surface area contributed by atoms with Gasteiger partial charge in [-0.15, -0.1) is 0 Å². The van der Waals surface area contributed by atoms with E-state index in [9.17, 15) is 15.3 Å². The van der Waals surface area contributed by atoms with Crippen LogP contribution in [0.4, 0.5) is 0 Å². The van der Waals surface area contributed by atoms with E-state index in [1.807, 2.05) is 6.92 Å². The number of ether oxygens (including phenoxy) is 1.